The number of nitrogens with one attached hydrogen (secondary N) is 1. The van der Waals surface area contributed by atoms with Gasteiger partial charge in [0.25, 0.3) is 5.56 Å². The van der Waals surface area contributed by atoms with Crippen LogP contribution in [0.1, 0.15) is 13.2 Å². The smallest absolute Gasteiger partial charge is 0.387 e. The maximum Gasteiger partial charge on any atom is 0.490 e. The molecule has 1 fully saturated rings. The first-order valence-corrected chi connectivity index (χ1v) is 13.1. The number of aliphatic hydroxyl groups excluding tert-OH is 1. The number of aromatic nitrogens is 3. The minimum atomic E-state index is -5.80. The van der Waals surface area contributed by atoms with Crippen molar-refractivity contribution in [2.75, 3.05) is 0 Å². The molecule has 1 aromatic heterocycles. The van der Waals surface area contributed by atoms with Crippen molar-refractivity contribution < 1.29 is 56.3 Å². The summed E-state index contributed by atoms with van der Waals surface area (Å²) >= 11 is 5.37. The van der Waals surface area contributed by atoms with Crippen molar-refractivity contribution in [3.8, 4) is 11.3 Å². The number of aromatic amines is 1. The van der Waals surface area contributed by atoms with E-state index < -0.39 is 64.8 Å². The Morgan fingerprint density at radius 2 is 1.88 bits per heavy atom. The van der Waals surface area contributed by atoms with Crippen LogP contribution in [0.3, 0.4) is 0 Å². The fraction of sp³-hybridized carbons (Fsp3) is 0.545. The maximum absolute atomic E-state index is 12.1. The Labute approximate surface area is 187 Å². The number of ether oxygens (including phenoxy) is 1. The summed E-state index contributed by atoms with van der Waals surface area (Å²) in [5.74, 6) is 2.19. The Morgan fingerprint density at radius 3 is 2.39 bits per heavy atom. The molecule has 8 N–H and O–H groups in total. The van der Waals surface area contributed by atoms with Crippen molar-refractivity contribution in [1.29, 1.82) is 0 Å². The molecule has 2 heterocycles. The van der Waals surface area contributed by atoms with Crippen LogP contribution < -0.4 is 17.0 Å². The highest BCUT2D eigenvalue weighted by Gasteiger charge is 2.58. The minimum Gasteiger partial charge on any atom is -0.387 e. The zero-order valence-corrected chi connectivity index (χ0v) is 19.4. The van der Waals surface area contributed by atoms with Gasteiger partial charge in [0.2, 0.25) is 0 Å². The molecule has 1 aromatic rings. The van der Waals surface area contributed by atoms with Crippen LogP contribution in [-0.2, 0) is 31.6 Å². The monoisotopic (exact) mass is 556 g/mol. The molecule has 0 aromatic carbocycles. The second-order valence-corrected chi connectivity index (χ2v) is 10.9. The highest BCUT2D eigenvalue weighted by molar-refractivity contribution is 7.66. The first kappa shape index (κ1) is 28.0. The van der Waals surface area contributed by atoms with Gasteiger partial charge in [-0.25, -0.2) is 18.5 Å². The third kappa shape index (κ3) is 6.89. The third-order valence-electron chi connectivity index (χ3n) is 3.90. The Balaban J connectivity index is 2.32. The van der Waals surface area contributed by atoms with E-state index in [1.165, 1.54) is 0 Å². The average molecular weight is 557 g/mol. The second kappa shape index (κ2) is 9.78. The predicted molar refractivity (Wildman–Crippen MR) is 104 cm³/mol. The van der Waals surface area contributed by atoms with E-state index in [2.05, 4.69) is 24.2 Å². The standard InChI is InChI=1S/C11H16ClN4O14P3/c1-5(28-32(23,24)30-33(25,26)29-31(20,21)22)7-8(18)11(13,2-3-12)9(27-7)16-10(19)15-6(17)4-14-16/h4-5,7-9,18H,13H2,1H3,(H,23,24)(H,25,26)(H,15,17,19)(H2,20,21,22)/t5-,7-,8+,9-,11?/m1/s1. The molecule has 0 spiro atoms. The fourth-order valence-electron chi connectivity index (χ4n) is 2.70. The highest BCUT2D eigenvalue weighted by atomic mass is 35.5. The van der Waals surface area contributed by atoms with E-state index in [4.69, 9.17) is 31.9 Å². The molecular weight excluding hydrogens is 541 g/mol. The molecule has 1 saturated heterocycles. The molecule has 18 nitrogen and oxygen atoms in total. The van der Waals surface area contributed by atoms with Gasteiger partial charge in [-0.2, -0.15) is 18.4 Å². The van der Waals surface area contributed by atoms with Crippen LogP contribution in [-0.4, -0.2) is 63.3 Å². The molecular formula is C11H16ClN4O14P3. The van der Waals surface area contributed by atoms with Gasteiger partial charge < -0.3 is 35.2 Å². The fourth-order valence-corrected chi connectivity index (χ4v) is 6.06. The number of nitrogens with zero attached hydrogens (tertiary/aromatic N) is 2. The van der Waals surface area contributed by atoms with Crippen LogP contribution in [0, 0.1) is 11.3 Å². The number of phosphoric ester groups is 1. The van der Waals surface area contributed by atoms with Crippen LogP contribution in [0.25, 0.3) is 0 Å². The molecule has 0 bridgehead atoms. The van der Waals surface area contributed by atoms with Gasteiger partial charge in [-0.1, -0.05) is 5.92 Å². The zero-order valence-electron chi connectivity index (χ0n) is 16.0. The van der Waals surface area contributed by atoms with Crippen LogP contribution in [0.5, 0.6) is 0 Å². The third-order valence-corrected chi connectivity index (χ3v) is 7.92. The summed E-state index contributed by atoms with van der Waals surface area (Å²) in [7, 11) is -17.0. The Bertz CT molecular complexity index is 1220. The molecule has 2 rings (SSSR count). The number of halogens is 1. The van der Waals surface area contributed by atoms with E-state index in [1.54, 1.807) is 0 Å². The summed E-state index contributed by atoms with van der Waals surface area (Å²) in [6, 6.07) is 0. The quantitative estimate of drug-likeness (QED) is 0.132. The van der Waals surface area contributed by atoms with Crippen LogP contribution in [0.15, 0.2) is 15.8 Å². The minimum absolute atomic E-state index is 0.489. The van der Waals surface area contributed by atoms with E-state index >= 15 is 0 Å². The number of nitrogens with two attached hydrogens (primary N) is 1. The SMILES string of the molecule is C[C@@H](OP(=O)(O)OP(=O)(O)OP(=O)(O)O)[C@H]1O[C@@H](n2ncc(=O)[nH]c2=O)C(N)(C#CCl)[C@H]1O. The molecule has 22 heteroatoms. The number of aliphatic hydroxyl groups is 1. The molecule has 1 aliphatic rings. The van der Waals surface area contributed by atoms with E-state index in [0.717, 1.165) is 6.92 Å². The molecule has 0 amide bonds. The number of rotatable bonds is 8. The van der Waals surface area contributed by atoms with Gasteiger partial charge in [0, 0.05) is 5.38 Å². The lowest BCUT2D eigenvalue weighted by Gasteiger charge is -2.27. The molecule has 1 aliphatic heterocycles. The van der Waals surface area contributed by atoms with E-state index in [0.29, 0.717) is 10.9 Å². The number of phosphoric acid groups is 3. The second-order valence-electron chi connectivity index (χ2n) is 6.34. The summed E-state index contributed by atoms with van der Waals surface area (Å²) in [4.78, 5) is 61.1. The zero-order chi connectivity index (χ0) is 25.4. The first-order valence-electron chi connectivity index (χ1n) is 8.16. The number of hydrogen-bond donors (Lipinski definition) is 7. The molecule has 0 radical (unpaired) electrons. The van der Waals surface area contributed by atoms with Crippen molar-refractivity contribution in [3.63, 3.8) is 0 Å². The van der Waals surface area contributed by atoms with Gasteiger partial charge in [0.15, 0.2) is 11.8 Å². The van der Waals surface area contributed by atoms with E-state index in [1.807, 2.05) is 10.4 Å². The average Bonchev–Trinajstić information content (AvgIpc) is 2.83. The first-order chi connectivity index (χ1) is 14.9. The lowest BCUT2D eigenvalue weighted by molar-refractivity contribution is -0.0794. The molecule has 33 heavy (non-hydrogen) atoms. The summed E-state index contributed by atoms with van der Waals surface area (Å²) < 4.78 is 51.8. The summed E-state index contributed by atoms with van der Waals surface area (Å²) in [6.07, 6.45) is -6.41. The van der Waals surface area contributed by atoms with Crippen LogP contribution >= 0.6 is 35.1 Å². The van der Waals surface area contributed by atoms with Gasteiger partial charge in [-0.05, 0) is 18.5 Å². The normalized spacial score (nSPS) is 30.0. The molecule has 0 saturated carbocycles. The van der Waals surface area contributed by atoms with Crippen molar-refractivity contribution in [2.24, 2.45) is 5.73 Å². The van der Waals surface area contributed by atoms with Crippen LogP contribution in [0.4, 0.5) is 0 Å². The maximum atomic E-state index is 12.1. The van der Waals surface area contributed by atoms with Crippen molar-refractivity contribution in [3.05, 3.63) is 27.0 Å². The summed E-state index contributed by atoms with van der Waals surface area (Å²) in [5, 5.41) is 16.0. The van der Waals surface area contributed by atoms with Crippen molar-refractivity contribution in [1.82, 2.24) is 14.8 Å². The lowest BCUT2D eigenvalue weighted by Crippen LogP contribution is -2.56. The van der Waals surface area contributed by atoms with Gasteiger partial charge in [0.05, 0.1) is 6.10 Å². The van der Waals surface area contributed by atoms with Crippen molar-refractivity contribution >= 4 is 35.1 Å². The molecule has 3 unspecified atom stereocenters. The highest BCUT2D eigenvalue weighted by Crippen LogP contribution is 2.66. The van der Waals surface area contributed by atoms with E-state index in [9.17, 15) is 38.2 Å². The largest absolute Gasteiger partial charge is 0.490 e. The number of hydrogen-bond acceptors (Lipinski definition) is 12. The van der Waals surface area contributed by atoms with E-state index in [-0.39, 0.29) is 0 Å². The Morgan fingerprint density at radius 1 is 1.27 bits per heavy atom. The Hall–Kier alpha value is -1.25. The van der Waals surface area contributed by atoms with Gasteiger partial charge in [-0.15, -0.1) is 0 Å². The topological polar surface area (TPSA) is 283 Å². The predicted octanol–water partition coefficient (Wildman–Crippen LogP) is -2.18. The molecule has 186 valence electrons. The summed E-state index contributed by atoms with van der Waals surface area (Å²) in [6.45, 7) is 0.992. The van der Waals surface area contributed by atoms with Gasteiger partial charge >= 0.3 is 29.2 Å². The molecule has 0 aliphatic carbocycles. The van der Waals surface area contributed by atoms with Crippen LogP contribution in [0.2, 0.25) is 0 Å². The Kier molecular flexibility index (Phi) is 8.30. The lowest BCUT2D eigenvalue weighted by atomic mass is 9.90. The number of H-pyrrole nitrogens is 1. The van der Waals surface area contributed by atoms with Gasteiger partial charge in [-0.3, -0.25) is 14.3 Å². The summed E-state index contributed by atoms with van der Waals surface area (Å²) in [5.41, 5.74) is 1.82. The van der Waals surface area contributed by atoms with Gasteiger partial charge in [0.1, 0.15) is 18.4 Å². The van der Waals surface area contributed by atoms with Crippen molar-refractivity contribution in [2.45, 2.75) is 37.0 Å². The molecule has 7 atom stereocenters.